The number of hydrogen-bond acceptors (Lipinski definition) is 6. The van der Waals surface area contributed by atoms with Crippen LogP contribution >= 0.6 is 11.3 Å². The molecule has 0 saturated heterocycles. The predicted molar refractivity (Wildman–Crippen MR) is 472 cm³/mol. The standard InChI is InChI=1S/C105H64N6OS/c1-105(2)87-53-69(63-28-17-29-64(50-63)71-40-49-84-90(56-71)107-104(109-102(84)74-43-47-82-81-31-14-16-37-97(81)113-98(82)60-74)110-91-34-18-32-75(62-22-7-4-8-23-62)99(91)85-51-65-24-9-11-26-67(65)57-93(85)110)38-44-77(87)78-45-41-72(54-88(78)105)76-33-19-35-92-100(76)86-52-66-25-10-12-27-68(66)58-94(86)111(92)103-106-89-55-70(61-20-5-3-6-21-61)39-48-83(89)101(108-103)73-42-46-80-79-30-13-15-36-95(79)112-96(80)59-73/h3-60H,1-2H3. The molecule has 0 saturated carbocycles. The van der Waals surface area contributed by atoms with Crippen molar-refractivity contribution in [1.29, 1.82) is 0 Å². The Bertz CT molecular complexity index is 8040. The van der Waals surface area contributed by atoms with Crippen LogP contribution in [0.15, 0.2) is 356 Å². The minimum absolute atomic E-state index is 0.340. The third-order valence-corrected chi connectivity index (χ3v) is 25.2. The Labute approximate surface area is 652 Å². The van der Waals surface area contributed by atoms with Gasteiger partial charge in [0.25, 0.3) is 0 Å². The second kappa shape index (κ2) is 24.3. The van der Waals surface area contributed by atoms with Gasteiger partial charge in [-0.05, 0) is 209 Å². The minimum atomic E-state index is -0.340. The second-order valence-electron chi connectivity index (χ2n) is 30.8. The first-order valence-electron chi connectivity index (χ1n) is 38.6. The summed E-state index contributed by atoms with van der Waals surface area (Å²) in [4.78, 5) is 22.7. The van der Waals surface area contributed by atoms with Crippen LogP contribution in [0.25, 0.3) is 230 Å². The number of nitrogens with zero attached hydrogens (tertiary/aromatic N) is 6. The Morgan fingerprint density at radius 2 is 0.690 bits per heavy atom. The van der Waals surface area contributed by atoms with Crippen LogP contribution in [-0.2, 0) is 5.41 Å². The van der Waals surface area contributed by atoms with Gasteiger partial charge in [-0.3, -0.25) is 9.13 Å². The van der Waals surface area contributed by atoms with E-state index in [0.717, 1.165) is 160 Å². The maximum Gasteiger partial charge on any atom is 0.235 e. The van der Waals surface area contributed by atoms with E-state index >= 15 is 0 Å². The first-order chi connectivity index (χ1) is 55.7. The van der Waals surface area contributed by atoms with Crippen molar-refractivity contribution in [3.05, 3.63) is 363 Å². The fourth-order valence-electron chi connectivity index (χ4n) is 18.6. The fourth-order valence-corrected chi connectivity index (χ4v) is 19.8. The van der Waals surface area contributed by atoms with Crippen molar-refractivity contribution in [3.63, 3.8) is 0 Å². The average Bonchev–Trinajstić information content (AvgIpc) is 1.60. The minimum Gasteiger partial charge on any atom is -0.456 e. The number of aromatic nitrogens is 6. The number of furan rings is 1. The first kappa shape index (κ1) is 63.5. The Hall–Kier alpha value is -14.4. The molecule has 6 heterocycles. The number of rotatable bonds is 9. The lowest BCUT2D eigenvalue weighted by Crippen LogP contribution is -2.15. The largest absolute Gasteiger partial charge is 0.456 e. The highest BCUT2D eigenvalue weighted by molar-refractivity contribution is 7.25. The van der Waals surface area contributed by atoms with Gasteiger partial charge in [-0.2, -0.15) is 0 Å². The summed E-state index contributed by atoms with van der Waals surface area (Å²) < 4.78 is 13.6. The van der Waals surface area contributed by atoms with E-state index < -0.39 is 0 Å². The number of thiophene rings is 1. The lowest BCUT2D eigenvalue weighted by Gasteiger charge is -2.23. The molecule has 1 aliphatic rings. The summed E-state index contributed by atoms with van der Waals surface area (Å²) in [6, 6.07) is 128. The topological polar surface area (TPSA) is 74.6 Å². The van der Waals surface area contributed by atoms with Gasteiger partial charge in [-0.15, -0.1) is 11.3 Å². The molecule has 8 heteroatoms. The quantitative estimate of drug-likeness (QED) is 0.144. The lowest BCUT2D eigenvalue weighted by molar-refractivity contribution is 0.661. The van der Waals surface area contributed by atoms with E-state index in [1.54, 1.807) is 0 Å². The summed E-state index contributed by atoms with van der Waals surface area (Å²) in [5.41, 5.74) is 27.4. The molecule has 6 aromatic heterocycles. The predicted octanol–water partition coefficient (Wildman–Crippen LogP) is 28.3. The highest BCUT2D eigenvalue weighted by Gasteiger charge is 2.37. The molecule has 17 aromatic carbocycles. The van der Waals surface area contributed by atoms with Gasteiger partial charge in [-0.25, -0.2) is 19.9 Å². The summed E-state index contributed by atoms with van der Waals surface area (Å²) >= 11 is 1.83. The highest BCUT2D eigenvalue weighted by atomic mass is 32.1. The van der Waals surface area contributed by atoms with Crippen LogP contribution in [0, 0.1) is 0 Å². The maximum atomic E-state index is 6.54. The molecule has 0 bridgehead atoms. The fraction of sp³-hybridized carbons (Fsp3) is 0.0286. The van der Waals surface area contributed by atoms with E-state index in [1.807, 2.05) is 23.5 Å². The Balaban J connectivity index is 0.620. The van der Waals surface area contributed by atoms with Gasteiger partial charge in [0.15, 0.2) is 0 Å². The summed E-state index contributed by atoms with van der Waals surface area (Å²) in [7, 11) is 0. The molecule has 7 nitrogen and oxygen atoms in total. The second-order valence-corrected chi connectivity index (χ2v) is 31.9. The van der Waals surface area contributed by atoms with E-state index in [2.05, 4.69) is 363 Å². The van der Waals surface area contributed by atoms with Gasteiger partial charge < -0.3 is 4.42 Å². The van der Waals surface area contributed by atoms with Crippen molar-refractivity contribution < 1.29 is 4.42 Å². The number of para-hydroxylation sites is 1. The number of fused-ring (bicyclic) bond motifs is 19. The van der Waals surface area contributed by atoms with Gasteiger partial charge in [0, 0.05) is 79.8 Å². The zero-order valence-electron chi connectivity index (χ0n) is 61.5. The van der Waals surface area contributed by atoms with Crippen molar-refractivity contribution in [1.82, 2.24) is 29.1 Å². The van der Waals surface area contributed by atoms with Crippen LogP contribution in [0.4, 0.5) is 0 Å². The lowest BCUT2D eigenvalue weighted by atomic mass is 9.80. The van der Waals surface area contributed by atoms with Crippen LogP contribution in [0.1, 0.15) is 25.0 Å². The molecule has 526 valence electrons. The molecule has 0 spiro atoms. The van der Waals surface area contributed by atoms with Crippen molar-refractivity contribution >= 4 is 140 Å². The highest BCUT2D eigenvalue weighted by Crippen LogP contribution is 2.53. The van der Waals surface area contributed by atoms with Crippen LogP contribution in [0.2, 0.25) is 0 Å². The van der Waals surface area contributed by atoms with Gasteiger partial charge >= 0.3 is 0 Å². The van der Waals surface area contributed by atoms with E-state index in [0.29, 0.717) is 11.9 Å². The molecule has 113 heavy (non-hydrogen) atoms. The molecular weight excluding hydrogens is 1390 g/mol. The van der Waals surface area contributed by atoms with E-state index in [1.165, 1.54) is 69.7 Å². The smallest absolute Gasteiger partial charge is 0.235 e. The Morgan fingerprint density at radius 1 is 0.257 bits per heavy atom. The molecule has 0 amide bonds. The van der Waals surface area contributed by atoms with Crippen molar-refractivity contribution in [2.45, 2.75) is 19.3 Å². The zero-order chi connectivity index (χ0) is 74.3. The number of benzene rings is 17. The summed E-state index contributed by atoms with van der Waals surface area (Å²) in [5.74, 6) is 1.22. The van der Waals surface area contributed by atoms with Gasteiger partial charge in [0.2, 0.25) is 11.9 Å². The van der Waals surface area contributed by atoms with Crippen molar-refractivity contribution in [2.75, 3.05) is 0 Å². The average molecular weight is 1460 g/mol. The van der Waals surface area contributed by atoms with Crippen LogP contribution < -0.4 is 0 Å². The van der Waals surface area contributed by atoms with Crippen LogP contribution in [-0.4, -0.2) is 29.1 Å². The van der Waals surface area contributed by atoms with Crippen LogP contribution in [0.5, 0.6) is 0 Å². The van der Waals surface area contributed by atoms with Crippen molar-refractivity contribution in [2.24, 2.45) is 0 Å². The SMILES string of the molecule is CC1(C)c2cc(-c3cccc(-c4ccc5c(-c6ccc7c(c6)sc6ccccc67)nc(-n6c7cc8ccccc8cc7c7c(-c8ccccc8)cccc76)nc5c4)c3)ccc2-c2ccc(-c3cccc4c3c3cc5ccccc5cc3n4-c3nc(-c4ccc5c(c4)oc4ccccc45)c4ccc(-c5ccccc5)cc4n3)cc21. The van der Waals surface area contributed by atoms with Gasteiger partial charge in [-0.1, -0.05) is 257 Å². The zero-order valence-corrected chi connectivity index (χ0v) is 62.3. The third kappa shape index (κ3) is 9.80. The molecule has 0 unspecified atom stereocenters. The molecule has 0 N–H and O–H groups in total. The summed E-state index contributed by atoms with van der Waals surface area (Å²) in [5, 5.41) is 15.9. The van der Waals surface area contributed by atoms with E-state index in [4.69, 9.17) is 24.4 Å². The first-order valence-corrected chi connectivity index (χ1v) is 39.4. The molecule has 0 radical (unpaired) electrons. The molecule has 0 atom stereocenters. The van der Waals surface area contributed by atoms with Crippen molar-refractivity contribution in [3.8, 4) is 101 Å². The van der Waals surface area contributed by atoms with Gasteiger partial charge in [0.1, 0.15) is 11.2 Å². The maximum absolute atomic E-state index is 6.54. The molecule has 0 fully saturated rings. The Morgan fingerprint density at radius 3 is 1.32 bits per heavy atom. The molecule has 23 aromatic rings. The van der Waals surface area contributed by atoms with Gasteiger partial charge in [0.05, 0.1) is 44.5 Å². The monoisotopic (exact) mass is 1460 g/mol. The van der Waals surface area contributed by atoms with Crippen LogP contribution in [0.3, 0.4) is 0 Å². The molecular formula is C105H64N6OS. The summed E-state index contributed by atoms with van der Waals surface area (Å²) in [6.07, 6.45) is 0. The molecule has 1 aliphatic carbocycles. The molecule has 24 rings (SSSR count). The third-order valence-electron chi connectivity index (χ3n) is 24.1. The number of hydrogen-bond donors (Lipinski definition) is 0. The summed E-state index contributed by atoms with van der Waals surface area (Å²) in [6.45, 7) is 4.79. The Kier molecular flexibility index (Phi) is 13.6. The normalized spacial score (nSPS) is 12.8. The van der Waals surface area contributed by atoms with E-state index in [-0.39, 0.29) is 5.41 Å². The molecule has 0 aliphatic heterocycles. The van der Waals surface area contributed by atoms with E-state index in [9.17, 15) is 0 Å².